The first kappa shape index (κ1) is 24.3. The van der Waals surface area contributed by atoms with Crippen molar-refractivity contribution in [1.29, 1.82) is 0 Å². The number of carbonyl (C=O) groups excluding carboxylic acids is 2. The molecule has 0 aliphatic carbocycles. The molecule has 5 nitrogen and oxygen atoms in total. The van der Waals surface area contributed by atoms with E-state index < -0.39 is 6.04 Å². The van der Waals surface area contributed by atoms with E-state index >= 15 is 0 Å². The minimum absolute atomic E-state index is 0.184. The van der Waals surface area contributed by atoms with Gasteiger partial charge in [-0.25, -0.2) is 0 Å². The van der Waals surface area contributed by atoms with Gasteiger partial charge in [-0.1, -0.05) is 77.8 Å². The molecular weight excluding hydrogens is 436 g/mol. The van der Waals surface area contributed by atoms with Crippen molar-refractivity contribution in [2.75, 3.05) is 13.7 Å². The van der Waals surface area contributed by atoms with Gasteiger partial charge in [0, 0.05) is 25.0 Å². The largest absolute Gasteiger partial charge is 0.483 e. The Bertz CT molecular complexity index is 1100. The fourth-order valence-corrected chi connectivity index (χ4v) is 3.91. The third kappa shape index (κ3) is 6.59. The molecule has 3 aromatic carbocycles. The smallest absolute Gasteiger partial charge is 0.261 e. The molecule has 0 aliphatic rings. The van der Waals surface area contributed by atoms with E-state index in [4.69, 9.17) is 16.3 Å². The number of hydrogen-bond acceptors (Lipinski definition) is 3. The summed E-state index contributed by atoms with van der Waals surface area (Å²) in [5.74, 6) is 0.108. The van der Waals surface area contributed by atoms with Crippen LogP contribution in [0, 0.1) is 13.8 Å². The van der Waals surface area contributed by atoms with Crippen molar-refractivity contribution in [2.45, 2.75) is 32.9 Å². The van der Waals surface area contributed by atoms with Crippen LogP contribution in [0.2, 0.25) is 5.02 Å². The van der Waals surface area contributed by atoms with Gasteiger partial charge in [-0.2, -0.15) is 0 Å². The van der Waals surface area contributed by atoms with Gasteiger partial charge in [0.05, 0.1) is 0 Å². The number of ether oxygens (including phenoxy) is 1. The molecule has 0 heterocycles. The quantitative estimate of drug-likeness (QED) is 0.498. The SMILES string of the molecule is CNC(=O)C(Cc1ccccc1)N(Cc1ccccc1Cl)C(=O)COc1ccc(C)cc1C. The molecule has 2 amide bonds. The molecule has 0 aliphatic heterocycles. The molecule has 1 N–H and O–H groups in total. The molecule has 0 bridgehead atoms. The maximum atomic E-state index is 13.4. The molecule has 0 saturated heterocycles. The van der Waals surface area contributed by atoms with Crippen LogP contribution in [0.4, 0.5) is 0 Å². The van der Waals surface area contributed by atoms with Gasteiger partial charge < -0.3 is 15.0 Å². The van der Waals surface area contributed by atoms with E-state index in [1.807, 2.05) is 80.6 Å². The Hall–Kier alpha value is -3.31. The summed E-state index contributed by atoms with van der Waals surface area (Å²) in [5, 5.41) is 3.25. The number of rotatable bonds is 9. The Morgan fingerprint density at radius 3 is 2.36 bits per heavy atom. The number of benzene rings is 3. The second kappa shape index (κ2) is 11.5. The summed E-state index contributed by atoms with van der Waals surface area (Å²) in [6.45, 7) is 3.96. The minimum Gasteiger partial charge on any atom is -0.483 e. The number of amides is 2. The zero-order chi connectivity index (χ0) is 23.8. The highest BCUT2D eigenvalue weighted by Gasteiger charge is 2.30. The van der Waals surface area contributed by atoms with E-state index in [1.54, 1.807) is 18.0 Å². The lowest BCUT2D eigenvalue weighted by molar-refractivity contribution is -0.142. The predicted molar refractivity (Wildman–Crippen MR) is 131 cm³/mol. The summed E-state index contributed by atoms with van der Waals surface area (Å²) in [7, 11) is 1.57. The van der Waals surface area contributed by atoms with E-state index in [2.05, 4.69) is 5.32 Å². The average molecular weight is 465 g/mol. The number of halogens is 1. The fourth-order valence-electron chi connectivity index (χ4n) is 3.71. The average Bonchev–Trinajstić information content (AvgIpc) is 2.82. The second-order valence-corrected chi connectivity index (χ2v) is 8.40. The molecule has 0 fully saturated rings. The van der Waals surface area contributed by atoms with Gasteiger partial charge in [0.25, 0.3) is 5.91 Å². The first-order valence-electron chi connectivity index (χ1n) is 10.9. The third-order valence-electron chi connectivity index (χ3n) is 5.50. The fraction of sp³-hybridized carbons (Fsp3) is 0.259. The molecule has 172 valence electrons. The van der Waals surface area contributed by atoms with E-state index in [-0.39, 0.29) is 25.0 Å². The van der Waals surface area contributed by atoms with Crippen LogP contribution in [0.25, 0.3) is 0 Å². The molecule has 1 unspecified atom stereocenters. The van der Waals surface area contributed by atoms with Gasteiger partial charge in [-0.3, -0.25) is 9.59 Å². The maximum Gasteiger partial charge on any atom is 0.261 e. The van der Waals surface area contributed by atoms with Crippen molar-refractivity contribution in [3.8, 4) is 5.75 Å². The van der Waals surface area contributed by atoms with E-state index in [0.717, 1.165) is 22.3 Å². The van der Waals surface area contributed by atoms with Crippen LogP contribution < -0.4 is 10.1 Å². The van der Waals surface area contributed by atoms with Crippen LogP contribution in [-0.4, -0.2) is 36.4 Å². The standard InChI is InChI=1S/C27H29ClN2O3/c1-19-13-14-25(20(2)15-19)33-18-26(31)30(17-22-11-7-8-12-23(22)28)24(27(32)29-3)16-21-9-5-4-6-10-21/h4-15,24H,16-18H2,1-3H3,(H,29,32). The normalized spacial score (nSPS) is 11.5. The second-order valence-electron chi connectivity index (χ2n) is 7.99. The van der Waals surface area contributed by atoms with Crippen molar-refractivity contribution in [3.05, 3.63) is 100 Å². The summed E-state index contributed by atoms with van der Waals surface area (Å²) in [6, 6.07) is 22.1. The zero-order valence-corrected chi connectivity index (χ0v) is 19.9. The molecule has 3 rings (SSSR count). The van der Waals surface area contributed by atoms with Crippen molar-refractivity contribution in [1.82, 2.24) is 10.2 Å². The number of hydrogen-bond donors (Lipinski definition) is 1. The number of nitrogens with one attached hydrogen (secondary N) is 1. The topological polar surface area (TPSA) is 58.6 Å². The Morgan fingerprint density at radius 2 is 1.70 bits per heavy atom. The van der Waals surface area contributed by atoms with Crippen molar-refractivity contribution in [2.24, 2.45) is 0 Å². The predicted octanol–water partition coefficient (Wildman–Crippen LogP) is 4.72. The molecule has 6 heteroatoms. The Balaban J connectivity index is 1.89. The Kier molecular flexibility index (Phi) is 8.50. The highest BCUT2D eigenvalue weighted by molar-refractivity contribution is 6.31. The number of aryl methyl sites for hydroxylation is 2. The van der Waals surface area contributed by atoms with Gasteiger partial charge >= 0.3 is 0 Å². The highest BCUT2D eigenvalue weighted by Crippen LogP contribution is 2.22. The Morgan fingerprint density at radius 1 is 1.00 bits per heavy atom. The summed E-state index contributed by atoms with van der Waals surface area (Å²) in [5.41, 5.74) is 3.79. The van der Waals surface area contributed by atoms with Gasteiger partial charge in [-0.05, 0) is 42.7 Å². The van der Waals surface area contributed by atoms with Crippen molar-refractivity contribution in [3.63, 3.8) is 0 Å². The van der Waals surface area contributed by atoms with Crippen molar-refractivity contribution < 1.29 is 14.3 Å². The van der Waals surface area contributed by atoms with Gasteiger partial charge in [0.2, 0.25) is 5.91 Å². The summed E-state index contributed by atoms with van der Waals surface area (Å²) in [4.78, 5) is 27.9. The maximum absolute atomic E-state index is 13.4. The molecule has 0 saturated carbocycles. The van der Waals surface area contributed by atoms with Crippen LogP contribution in [0.5, 0.6) is 5.75 Å². The lowest BCUT2D eigenvalue weighted by atomic mass is 10.0. The third-order valence-corrected chi connectivity index (χ3v) is 5.87. The molecule has 0 aromatic heterocycles. The van der Waals surface area contributed by atoms with Crippen LogP contribution in [-0.2, 0) is 22.6 Å². The first-order valence-corrected chi connectivity index (χ1v) is 11.2. The minimum atomic E-state index is -0.719. The van der Waals surface area contributed by atoms with Gasteiger partial charge in [-0.15, -0.1) is 0 Å². The molecule has 0 radical (unpaired) electrons. The molecule has 1 atom stereocenters. The van der Waals surface area contributed by atoms with Crippen molar-refractivity contribution >= 4 is 23.4 Å². The summed E-state index contributed by atoms with van der Waals surface area (Å²) in [6.07, 6.45) is 0.375. The first-order chi connectivity index (χ1) is 15.9. The van der Waals surface area contributed by atoms with Crippen LogP contribution in [0.15, 0.2) is 72.8 Å². The van der Waals surface area contributed by atoms with Crippen LogP contribution in [0.1, 0.15) is 22.3 Å². The van der Waals surface area contributed by atoms with E-state index in [0.29, 0.717) is 17.2 Å². The van der Waals surface area contributed by atoms with Crippen LogP contribution >= 0.6 is 11.6 Å². The molecule has 33 heavy (non-hydrogen) atoms. The lowest BCUT2D eigenvalue weighted by Gasteiger charge is -2.31. The number of carbonyl (C=O) groups is 2. The van der Waals surface area contributed by atoms with Gasteiger partial charge in [0.15, 0.2) is 6.61 Å². The van der Waals surface area contributed by atoms with Crippen LogP contribution in [0.3, 0.4) is 0 Å². The monoisotopic (exact) mass is 464 g/mol. The molecular formula is C27H29ClN2O3. The number of nitrogens with zero attached hydrogens (tertiary/aromatic N) is 1. The molecule has 0 spiro atoms. The van der Waals surface area contributed by atoms with E-state index in [1.165, 1.54) is 0 Å². The number of likely N-dealkylation sites (N-methyl/N-ethyl adjacent to an activating group) is 1. The molecule has 3 aromatic rings. The summed E-state index contributed by atoms with van der Waals surface area (Å²) < 4.78 is 5.86. The highest BCUT2D eigenvalue weighted by atomic mass is 35.5. The lowest BCUT2D eigenvalue weighted by Crippen LogP contribution is -2.51. The Labute approximate surface area is 200 Å². The summed E-state index contributed by atoms with van der Waals surface area (Å²) >= 11 is 6.39. The zero-order valence-electron chi connectivity index (χ0n) is 19.2. The van der Waals surface area contributed by atoms with Gasteiger partial charge in [0.1, 0.15) is 11.8 Å². The van der Waals surface area contributed by atoms with E-state index in [9.17, 15) is 9.59 Å².